The average Bonchev–Trinajstić information content (AvgIpc) is 3.37. The summed E-state index contributed by atoms with van der Waals surface area (Å²) in [4.78, 5) is 28.6. The van der Waals surface area contributed by atoms with Gasteiger partial charge in [-0.05, 0) is 47.9 Å². The number of carbonyl (C=O) groups is 2. The first-order chi connectivity index (χ1) is 16.9. The lowest BCUT2D eigenvalue weighted by Gasteiger charge is -2.32. The number of hydrogen-bond donors (Lipinski definition) is 4. The number of nitrogens with one attached hydrogen (secondary N) is 2. The number of rotatable bonds is 12. The standard InChI is InChI=1S/C28H40N4O3/c1-4-21(5-2)19(3)32-14-8-11-26(32)28(35)31-25(27(34)30-18-24(33)17-29)16-20-12-13-22-9-6-7-10-23(22)15-20/h6-7,9-10,12-13,15,21,24-26,33H,3-5,8,11,14,16-18,29H2,1-2H3,(H,30,34)(H,31,35)/t24?,25-,26?/m1/s1. The number of likely N-dealkylation sites (tertiary alicyclic amines) is 1. The molecule has 1 aliphatic heterocycles. The number of aliphatic hydroxyl groups excluding tert-OH is 1. The summed E-state index contributed by atoms with van der Waals surface area (Å²) in [5, 5.41) is 17.8. The Balaban J connectivity index is 1.77. The molecule has 2 aromatic rings. The first kappa shape index (κ1) is 26.7. The monoisotopic (exact) mass is 480 g/mol. The Morgan fingerprint density at radius 2 is 1.89 bits per heavy atom. The fourth-order valence-corrected chi connectivity index (χ4v) is 4.88. The summed E-state index contributed by atoms with van der Waals surface area (Å²) in [6.45, 7) is 9.49. The number of hydrogen-bond acceptors (Lipinski definition) is 5. The number of allylic oxidation sites excluding steroid dienone is 1. The van der Waals surface area contributed by atoms with Gasteiger partial charge in [-0.25, -0.2) is 0 Å². The highest BCUT2D eigenvalue weighted by atomic mass is 16.3. The van der Waals surface area contributed by atoms with Crippen molar-refractivity contribution in [2.24, 2.45) is 11.7 Å². The molecule has 7 heteroatoms. The number of fused-ring (bicyclic) bond motifs is 1. The molecule has 1 aliphatic rings. The van der Waals surface area contributed by atoms with Crippen LogP contribution in [0.3, 0.4) is 0 Å². The first-order valence-corrected chi connectivity index (χ1v) is 12.8. The number of nitrogens with two attached hydrogens (primary N) is 1. The third-order valence-electron chi connectivity index (χ3n) is 7.05. The van der Waals surface area contributed by atoms with Gasteiger partial charge in [-0.2, -0.15) is 0 Å². The van der Waals surface area contributed by atoms with Gasteiger partial charge in [0.25, 0.3) is 0 Å². The molecule has 2 amide bonds. The minimum absolute atomic E-state index is 0.0421. The van der Waals surface area contributed by atoms with Gasteiger partial charge >= 0.3 is 0 Å². The molecule has 0 saturated carbocycles. The lowest BCUT2D eigenvalue weighted by atomic mass is 9.98. The van der Waals surface area contributed by atoms with Gasteiger partial charge in [0.15, 0.2) is 0 Å². The largest absolute Gasteiger partial charge is 0.390 e. The minimum Gasteiger partial charge on any atom is -0.390 e. The first-order valence-electron chi connectivity index (χ1n) is 12.8. The van der Waals surface area contributed by atoms with E-state index in [1.807, 2.05) is 42.5 Å². The van der Waals surface area contributed by atoms with Crippen molar-refractivity contribution < 1.29 is 14.7 Å². The topological polar surface area (TPSA) is 108 Å². The maximum atomic E-state index is 13.4. The normalized spacial score (nSPS) is 17.4. The van der Waals surface area contributed by atoms with Gasteiger partial charge in [0.05, 0.1) is 6.10 Å². The third-order valence-corrected chi connectivity index (χ3v) is 7.05. The zero-order valence-corrected chi connectivity index (χ0v) is 21.0. The molecule has 35 heavy (non-hydrogen) atoms. The van der Waals surface area contributed by atoms with E-state index in [0.29, 0.717) is 12.3 Å². The van der Waals surface area contributed by atoms with E-state index in [0.717, 1.165) is 54.3 Å². The van der Waals surface area contributed by atoms with E-state index in [-0.39, 0.29) is 30.9 Å². The average molecular weight is 481 g/mol. The zero-order chi connectivity index (χ0) is 25.4. The van der Waals surface area contributed by atoms with Crippen LogP contribution >= 0.6 is 0 Å². The summed E-state index contributed by atoms with van der Waals surface area (Å²) in [5.74, 6) is -0.143. The van der Waals surface area contributed by atoms with Gasteiger partial charge in [-0.3, -0.25) is 9.59 Å². The molecular formula is C28H40N4O3. The highest BCUT2D eigenvalue weighted by Gasteiger charge is 2.35. The summed E-state index contributed by atoms with van der Waals surface area (Å²) in [7, 11) is 0. The van der Waals surface area contributed by atoms with E-state index in [4.69, 9.17) is 5.73 Å². The SMILES string of the molecule is C=C(C(CC)CC)N1CCCC1C(=O)N[C@H](Cc1ccc2ccccc2c1)C(=O)NCC(O)CN. The number of amides is 2. The molecule has 0 spiro atoms. The Morgan fingerprint density at radius 3 is 2.57 bits per heavy atom. The number of aliphatic hydroxyl groups is 1. The molecular weight excluding hydrogens is 440 g/mol. The van der Waals surface area contributed by atoms with Crippen LogP contribution in [-0.2, 0) is 16.0 Å². The van der Waals surface area contributed by atoms with Gasteiger partial charge in [0.1, 0.15) is 12.1 Å². The van der Waals surface area contributed by atoms with Crippen molar-refractivity contribution in [3.63, 3.8) is 0 Å². The Bertz CT molecular complexity index is 1020. The maximum Gasteiger partial charge on any atom is 0.243 e. The summed E-state index contributed by atoms with van der Waals surface area (Å²) in [6, 6.07) is 13.0. The summed E-state index contributed by atoms with van der Waals surface area (Å²) < 4.78 is 0. The second-order valence-electron chi connectivity index (χ2n) is 9.44. The molecule has 3 atom stereocenters. The van der Waals surface area contributed by atoms with Crippen molar-refractivity contribution in [2.75, 3.05) is 19.6 Å². The van der Waals surface area contributed by atoms with Gasteiger partial charge in [-0.1, -0.05) is 62.9 Å². The highest BCUT2D eigenvalue weighted by molar-refractivity contribution is 5.90. The molecule has 1 saturated heterocycles. The molecule has 5 N–H and O–H groups in total. The van der Waals surface area contributed by atoms with Gasteiger partial charge in [0, 0.05) is 31.8 Å². The number of carbonyl (C=O) groups excluding carboxylic acids is 2. The second kappa shape index (κ2) is 12.7. The Labute approximate surface area is 208 Å². The van der Waals surface area contributed by atoms with Gasteiger partial charge < -0.3 is 26.4 Å². The van der Waals surface area contributed by atoms with Gasteiger partial charge in [-0.15, -0.1) is 0 Å². The molecule has 0 radical (unpaired) electrons. The van der Waals surface area contributed by atoms with E-state index in [1.165, 1.54) is 0 Å². The van der Waals surface area contributed by atoms with Crippen LogP contribution in [0.2, 0.25) is 0 Å². The summed E-state index contributed by atoms with van der Waals surface area (Å²) in [6.07, 6.45) is 3.14. The predicted molar refractivity (Wildman–Crippen MR) is 141 cm³/mol. The quantitative estimate of drug-likeness (QED) is 0.374. The third kappa shape index (κ3) is 6.83. The van der Waals surface area contributed by atoms with Crippen LogP contribution in [0.25, 0.3) is 10.8 Å². The van der Waals surface area contributed by atoms with Crippen LogP contribution in [0.4, 0.5) is 0 Å². The molecule has 2 unspecified atom stereocenters. The van der Waals surface area contributed by atoms with E-state index in [2.05, 4.69) is 36.0 Å². The molecule has 7 nitrogen and oxygen atoms in total. The van der Waals surface area contributed by atoms with Crippen LogP contribution in [-0.4, -0.2) is 59.6 Å². The van der Waals surface area contributed by atoms with Gasteiger partial charge in [0.2, 0.25) is 11.8 Å². The van der Waals surface area contributed by atoms with Crippen molar-refractivity contribution in [2.45, 2.75) is 64.1 Å². The Morgan fingerprint density at radius 1 is 1.17 bits per heavy atom. The maximum absolute atomic E-state index is 13.4. The van der Waals surface area contributed by atoms with E-state index in [9.17, 15) is 14.7 Å². The fourth-order valence-electron chi connectivity index (χ4n) is 4.88. The Hall–Kier alpha value is -2.90. The van der Waals surface area contributed by atoms with Crippen molar-refractivity contribution in [3.8, 4) is 0 Å². The van der Waals surface area contributed by atoms with E-state index >= 15 is 0 Å². The van der Waals surface area contributed by atoms with Crippen LogP contribution in [0, 0.1) is 5.92 Å². The predicted octanol–water partition coefficient (Wildman–Crippen LogP) is 2.72. The molecule has 0 aliphatic carbocycles. The highest BCUT2D eigenvalue weighted by Crippen LogP contribution is 2.29. The van der Waals surface area contributed by atoms with Crippen molar-refractivity contribution >= 4 is 22.6 Å². The van der Waals surface area contributed by atoms with Crippen molar-refractivity contribution in [1.29, 1.82) is 0 Å². The fraction of sp³-hybridized carbons (Fsp3) is 0.500. The number of benzene rings is 2. The second-order valence-corrected chi connectivity index (χ2v) is 9.44. The molecule has 1 heterocycles. The molecule has 3 rings (SSSR count). The number of nitrogens with zero attached hydrogens (tertiary/aromatic N) is 1. The molecule has 190 valence electrons. The zero-order valence-electron chi connectivity index (χ0n) is 21.0. The molecule has 0 aromatic heterocycles. The minimum atomic E-state index is -0.829. The molecule has 1 fully saturated rings. The van der Waals surface area contributed by atoms with E-state index < -0.39 is 12.1 Å². The summed E-state index contributed by atoms with van der Waals surface area (Å²) >= 11 is 0. The lowest BCUT2D eigenvalue weighted by Crippen LogP contribution is -2.54. The van der Waals surface area contributed by atoms with Crippen molar-refractivity contribution in [3.05, 3.63) is 60.3 Å². The summed E-state index contributed by atoms with van der Waals surface area (Å²) in [5.41, 5.74) is 7.44. The van der Waals surface area contributed by atoms with Crippen molar-refractivity contribution in [1.82, 2.24) is 15.5 Å². The smallest absolute Gasteiger partial charge is 0.243 e. The Kier molecular flexibility index (Phi) is 9.69. The van der Waals surface area contributed by atoms with Crippen LogP contribution in [0.15, 0.2) is 54.7 Å². The molecule has 2 aromatic carbocycles. The van der Waals surface area contributed by atoms with E-state index in [1.54, 1.807) is 0 Å². The van der Waals surface area contributed by atoms with Crippen LogP contribution in [0.5, 0.6) is 0 Å². The van der Waals surface area contributed by atoms with Crippen LogP contribution in [0.1, 0.15) is 45.1 Å². The van der Waals surface area contributed by atoms with Crippen LogP contribution < -0.4 is 16.4 Å². The lowest BCUT2D eigenvalue weighted by molar-refractivity contribution is -0.131. The molecule has 0 bridgehead atoms.